The van der Waals surface area contributed by atoms with Crippen LogP contribution in [0.3, 0.4) is 0 Å². The van der Waals surface area contributed by atoms with Crippen molar-refractivity contribution in [3.05, 3.63) is 29.0 Å². The second-order valence-corrected chi connectivity index (χ2v) is 5.03. The molecule has 0 bridgehead atoms. The first-order valence-corrected chi connectivity index (χ1v) is 5.68. The summed E-state index contributed by atoms with van der Waals surface area (Å²) in [6.07, 6.45) is 2.08. The molecule has 2 atom stereocenters. The molecule has 0 aromatic carbocycles. The van der Waals surface area contributed by atoms with E-state index < -0.39 is 11.4 Å². The molecule has 0 aliphatic heterocycles. The lowest BCUT2D eigenvalue weighted by molar-refractivity contribution is -0.144. The van der Waals surface area contributed by atoms with Crippen LogP contribution in [-0.2, 0) is 16.0 Å². The number of hydrogen-bond donors (Lipinski definition) is 1. The molecule has 17 heavy (non-hydrogen) atoms. The summed E-state index contributed by atoms with van der Waals surface area (Å²) in [6.45, 7) is 1.60. The fraction of sp³-hybridized carbons (Fsp3) is 0.417. The molecule has 1 heterocycles. The van der Waals surface area contributed by atoms with Crippen molar-refractivity contribution in [1.82, 2.24) is 4.98 Å². The maximum Gasteiger partial charge on any atom is 0.310 e. The van der Waals surface area contributed by atoms with E-state index in [0.29, 0.717) is 17.1 Å². The summed E-state index contributed by atoms with van der Waals surface area (Å²) in [6, 6.07) is 3.35. The zero-order valence-electron chi connectivity index (χ0n) is 9.31. The van der Waals surface area contributed by atoms with Gasteiger partial charge in [-0.2, -0.15) is 0 Å². The lowest BCUT2D eigenvalue weighted by Crippen LogP contribution is -2.18. The topological polar surface area (TPSA) is 67.3 Å². The van der Waals surface area contributed by atoms with Crippen molar-refractivity contribution in [2.45, 2.75) is 19.8 Å². The van der Waals surface area contributed by atoms with E-state index in [9.17, 15) is 9.59 Å². The lowest BCUT2D eigenvalue weighted by Gasteiger charge is -2.04. The van der Waals surface area contributed by atoms with Gasteiger partial charge in [0.15, 0.2) is 0 Å². The number of aliphatic carboxylic acids is 1. The summed E-state index contributed by atoms with van der Waals surface area (Å²) in [7, 11) is 0. The molecule has 1 aromatic heterocycles. The molecule has 0 radical (unpaired) electrons. The van der Waals surface area contributed by atoms with E-state index in [1.54, 1.807) is 19.1 Å². The van der Waals surface area contributed by atoms with Gasteiger partial charge in [-0.3, -0.25) is 14.6 Å². The number of carbonyl (C=O) groups is 2. The van der Waals surface area contributed by atoms with Crippen LogP contribution < -0.4 is 0 Å². The van der Waals surface area contributed by atoms with Crippen molar-refractivity contribution >= 4 is 23.4 Å². The van der Waals surface area contributed by atoms with E-state index in [1.807, 2.05) is 0 Å². The summed E-state index contributed by atoms with van der Waals surface area (Å²) >= 11 is 5.68. The molecule has 2 rings (SSSR count). The second-order valence-electron chi connectivity index (χ2n) is 4.59. The number of nitrogens with zero attached hydrogens (tertiary/aromatic N) is 1. The van der Waals surface area contributed by atoms with Gasteiger partial charge in [-0.25, -0.2) is 0 Å². The van der Waals surface area contributed by atoms with Gasteiger partial charge in [-0.1, -0.05) is 11.6 Å². The highest BCUT2D eigenvalue weighted by molar-refractivity contribution is 6.30. The normalized spacial score (nSPS) is 26.6. The van der Waals surface area contributed by atoms with Crippen LogP contribution in [0, 0.1) is 11.3 Å². The molecule has 1 aliphatic carbocycles. The van der Waals surface area contributed by atoms with Gasteiger partial charge in [-0.05, 0) is 25.5 Å². The molecule has 0 saturated heterocycles. The third-order valence-corrected chi connectivity index (χ3v) is 3.48. The monoisotopic (exact) mass is 253 g/mol. The quantitative estimate of drug-likeness (QED) is 0.891. The molecule has 1 saturated carbocycles. The zero-order chi connectivity index (χ0) is 12.6. The van der Waals surface area contributed by atoms with Crippen molar-refractivity contribution in [2.24, 2.45) is 11.3 Å². The second kappa shape index (κ2) is 4.11. The van der Waals surface area contributed by atoms with Gasteiger partial charge >= 0.3 is 5.97 Å². The third kappa shape index (κ3) is 2.31. The van der Waals surface area contributed by atoms with Gasteiger partial charge in [0, 0.05) is 24.2 Å². The lowest BCUT2D eigenvalue weighted by atomic mass is 10.0. The van der Waals surface area contributed by atoms with Crippen molar-refractivity contribution in [2.75, 3.05) is 0 Å². The van der Waals surface area contributed by atoms with Crippen LogP contribution in [0.2, 0.25) is 5.02 Å². The molecule has 1 fully saturated rings. The number of rotatable bonds is 4. The van der Waals surface area contributed by atoms with Crippen LogP contribution in [0.1, 0.15) is 19.0 Å². The Bertz CT molecular complexity index is 471. The maximum absolute atomic E-state index is 11.8. The first-order valence-electron chi connectivity index (χ1n) is 5.30. The van der Waals surface area contributed by atoms with Gasteiger partial charge in [0.1, 0.15) is 5.78 Å². The molecule has 4 nitrogen and oxygen atoms in total. The van der Waals surface area contributed by atoms with Gasteiger partial charge in [0.2, 0.25) is 0 Å². The highest BCUT2D eigenvalue weighted by atomic mass is 35.5. The van der Waals surface area contributed by atoms with E-state index >= 15 is 0 Å². The van der Waals surface area contributed by atoms with Crippen LogP contribution in [0.5, 0.6) is 0 Å². The molecule has 0 unspecified atom stereocenters. The summed E-state index contributed by atoms with van der Waals surface area (Å²) in [4.78, 5) is 26.8. The van der Waals surface area contributed by atoms with E-state index in [2.05, 4.69) is 4.98 Å². The largest absolute Gasteiger partial charge is 0.481 e. The van der Waals surface area contributed by atoms with Crippen molar-refractivity contribution in [3.8, 4) is 0 Å². The van der Waals surface area contributed by atoms with Crippen LogP contribution >= 0.6 is 11.6 Å². The van der Waals surface area contributed by atoms with Crippen molar-refractivity contribution in [3.63, 3.8) is 0 Å². The average Bonchev–Trinajstić information content (AvgIpc) is 2.96. The summed E-state index contributed by atoms with van der Waals surface area (Å²) in [5.74, 6) is -1.35. The number of Topliss-reactive ketones (excluding diaryl/α,β-unsaturated/α-hetero) is 1. The molecule has 5 heteroatoms. The summed E-state index contributed by atoms with van der Waals surface area (Å²) < 4.78 is 0. The predicted octanol–water partition coefficient (Wildman–Crippen LogP) is 1.96. The van der Waals surface area contributed by atoms with Crippen LogP contribution in [-0.4, -0.2) is 21.8 Å². The SMILES string of the molecule is C[C@]1(C(=O)O)C[C@H]1C(=O)Cc1ccc(Cl)cn1. The Morgan fingerprint density at radius 1 is 1.59 bits per heavy atom. The Morgan fingerprint density at radius 3 is 2.76 bits per heavy atom. The number of aromatic nitrogens is 1. The number of pyridine rings is 1. The van der Waals surface area contributed by atoms with Crippen LogP contribution in [0.15, 0.2) is 18.3 Å². The number of carboxylic acid groups (broad SMARTS) is 1. The molecule has 90 valence electrons. The number of ketones is 1. The Morgan fingerprint density at radius 2 is 2.29 bits per heavy atom. The molecule has 0 amide bonds. The third-order valence-electron chi connectivity index (χ3n) is 3.26. The van der Waals surface area contributed by atoms with Gasteiger partial charge in [0.25, 0.3) is 0 Å². The Labute approximate surface area is 104 Å². The van der Waals surface area contributed by atoms with Gasteiger partial charge < -0.3 is 5.11 Å². The molecular formula is C12H12ClNO3. The first kappa shape index (κ1) is 12.0. The molecule has 1 N–H and O–H groups in total. The predicted molar refractivity (Wildman–Crippen MR) is 61.8 cm³/mol. The van der Waals surface area contributed by atoms with Crippen LogP contribution in [0.4, 0.5) is 0 Å². The standard InChI is InChI=1S/C12H12ClNO3/c1-12(11(16)17)5-9(12)10(15)4-8-3-2-7(13)6-14-8/h2-3,6,9H,4-5H2,1H3,(H,16,17)/t9-,12-/m0/s1. The smallest absolute Gasteiger partial charge is 0.310 e. The minimum absolute atomic E-state index is 0.0651. The van der Waals surface area contributed by atoms with E-state index in [4.69, 9.17) is 16.7 Å². The number of carboxylic acids is 1. The Balaban J connectivity index is 2.00. The number of carbonyl (C=O) groups excluding carboxylic acids is 1. The van der Waals surface area contributed by atoms with E-state index in [0.717, 1.165) is 0 Å². The fourth-order valence-electron chi connectivity index (χ4n) is 1.88. The molecule has 1 aliphatic rings. The molecule has 1 aromatic rings. The summed E-state index contributed by atoms with van der Waals surface area (Å²) in [5, 5.41) is 9.47. The van der Waals surface area contributed by atoms with E-state index in [1.165, 1.54) is 6.20 Å². The zero-order valence-corrected chi connectivity index (χ0v) is 10.1. The Hall–Kier alpha value is -1.42. The van der Waals surface area contributed by atoms with Crippen molar-refractivity contribution < 1.29 is 14.7 Å². The highest BCUT2D eigenvalue weighted by Gasteiger charge is 2.59. The average molecular weight is 254 g/mol. The first-order chi connectivity index (χ1) is 7.93. The molecular weight excluding hydrogens is 242 g/mol. The van der Waals surface area contributed by atoms with E-state index in [-0.39, 0.29) is 18.1 Å². The fourth-order valence-corrected chi connectivity index (χ4v) is 2.00. The number of halogens is 1. The van der Waals surface area contributed by atoms with Gasteiger partial charge in [-0.15, -0.1) is 0 Å². The minimum atomic E-state index is -0.903. The van der Waals surface area contributed by atoms with Gasteiger partial charge in [0.05, 0.1) is 10.4 Å². The molecule has 0 spiro atoms. The van der Waals surface area contributed by atoms with Crippen molar-refractivity contribution in [1.29, 1.82) is 0 Å². The van der Waals surface area contributed by atoms with Crippen LogP contribution in [0.25, 0.3) is 0 Å². The Kier molecular flexibility index (Phi) is 2.91. The highest BCUT2D eigenvalue weighted by Crippen LogP contribution is 2.53. The number of hydrogen-bond acceptors (Lipinski definition) is 3. The minimum Gasteiger partial charge on any atom is -0.481 e. The maximum atomic E-state index is 11.8. The summed E-state index contributed by atoms with van der Waals surface area (Å²) in [5.41, 5.74) is -0.247.